The number of fused-ring (bicyclic) bond motifs is 1. The number of rotatable bonds is 4. The lowest BCUT2D eigenvalue weighted by molar-refractivity contribution is -0.121. The zero-order chi connectivity index (χ0) is 18.7. The molecule has 3 rings (SSSR count). The van der Waals surface area contributed by atoms with E-state index in [1.165, 1.54) is 6.92 Å². The van der Waals surface area contributed by atoms with E-state index in [0.717, 1.165) is 40.9 Å². The molecule has 1 aliphatic rings. The molecular weight excluding hydrogens is 362 g/mol. The first-order chi connectivity index (χ1) is 12.5. The van der Waals surface area contributed by atoms with E-state index in [1.54, 1.807) is 4.90 Å². The fourth-order valence-corrected chi connectivity index (χ4v) is 3.49. The summed E-state index contributed by atoms with van der Waals surface area (Å²) in [5, 5.41) is 2.91. The Kier molecular flexibility index (Phi) is 6.86. The number of aryl methyl sites for hydroxylation is 1. The zero-order valence-corrected chi connectivity index (χ0v) is 16.5. The number of hydrogen-bond acceptors (Lipinski definition) is 3. The van der Waals surface area contributed by atoms with E-state index in [2.05, 4.69) is 5.32 Å². The number of carbonyl (C=O) groups excluding carboxylic acids is 2. The number of anilines is 2. The van der Waals surface area contributed by atoms with Crippen molar-refractivity contribution in [2.45, 2.75) is 39.2 Å². The topological polar surface area (TPSA) is 75.4 Å². The Bertz CT molecular complexity index is 821. The molecule has 0 spiro atoms. The van der Waals surface area contributed by atoms with E-state index in [1.807, 2.05) is 49.4 Å². The molecule has 0 aromatic heterocycles. The highest BCUT2D eigenvalue weighted by Crippen LogP contribution is 2.32. The first kappa shape index (κ1) is 20.8. The van der Waals surface area contributed by atoms with Gasteiger partial charge in [0.1, 0.15) is 0 Å². The summed E-state index contributed by atoms with van der Waals surface area (Å²) in [6.45, 7) is 4.16. The normalized spacial score (nSPS) is 13.9. The summed E-state index contributed by atoms with van der Waals surface area (Å²) >= 11 is 0. The van der Waals surface area contributed by atoms with Gasteiger partial charge in [0, 0.05) is 24.8 Å². The van der Waals surface area contributed by atoms with E-state index >= 15 is 0 Å². The third-order valence-electron chi connectivity index (χ3n) is 4.82. The van der Waals surface area contributed by atoms with Crippen LogP contribution in [0, 0.1) is 6.92 Å². The molecule has 1 unspecified atom stereocenters. The predicted molar refractivity (Wildman–Crippen MR) is 111 cm³/mol. The van der Waals surface area contributed by atoms with Gasteiger partial charge in [0.05, 0.1) is 12.5 Å². The van der Waals surface area contributed by atoms with E-state index in [4.69, 9.17) is 5.73 Å². The number of benzene rings is 2. The van der Waals surface area contributed by atoms with Gasteiger partial charge in [-0.25, -0.2) is 0 Å². The third-order valence-corrected chi connectivity index (χ3v) is 4.82. The van der Waals surface area contributed by atoms with Crippen LogP contribution in [0.1, 0.15) is 42.5 Å². The molecule has 0 fully saturated rings. The van der Waals surface area contributed by atoms with E-state index in [-0.39, 0.29) is 36.7 Å². The van der Waals surface area contributed by atoms with Crippen molar-refractivity contribution in [3.63, 3.8) is 0 Å². The molecule has 27 heavy (non-hydrogen) atoms. The minimum Gasteiger partial charge on any atom is -0.398 e. The van der Waals surface area contributed by atoms with E-state index < -0.39 is 0 Å². The quantitative estimate of drug-likeness (QED) is 0.788. The molecule has 0 bridgehead atoms. The Hall–Kier alpha value is -2.53. The molecule has 0 radical (unpaired) electrons. The predicted octanol–water partition coefficient (Wildman–Crippen LogP) is 3.55. The Balaban J connectivity index is 0.00000261. The SMILES string of the molecule is CC(=O)NC(CC(=O)N1CCCc2c(N)cccc21)c1ccc(C)cc1.Cl. The summed E-state index contributed by atoms with van der Waals surface area (Å²) in [7, 11) is 0. The van der Waals surface area contributed by atoms with Gasteiger partial charge in [-0.15, -0.1) is 12.4 Å². The van der Waals surface area contributed by atoms with Crippen LogP contribution in [0.3, 0.4) is 0 Å². The lowest BCUT2D eigenvalue weighted by atomic mass is 9.97. The number of nitrogens with one attached hydrogen (secondary N) is 1. The van der Waals surface area contributed by atoms with Crippen LogP contribution < -0.4 is 16.0 Å². The lowest BCUT2D eigenvalue weighted by Crippen LogP contribution is -2.39. The molecule has 3 N–H and O–H groups in total. The van der Waals surface area contributed by atoms with Crippen molar-refractivity contribution < 1.29 is 9.59 Å². The van der Waals surface area contributed by atoms with Crippen molar-refractivity contribution in [3.05, 3.63) is 59.2 Å². The molecule has 0 aliphatic carbocycles. The second-order valence-electron chi connectivity index (χ2n) is 6.86. The van der Waals surface area contributed by atoms with E-state index in [9.17, 15) is 9.59 Å². The molecule has 2 aromatic rings. The average molecular weight is 388 g/mol. The highest BCUT2D eigenvalue weighted by atomic mass is 35.5. The van der Waals surface area contributed by atoms with Crippen molar-refractivity contribution >= 4 is 35.6 Å². The highest BCUT2D eigenvalue weighted by Gasteiger charge is 2.26. The second-order valence-corrected chi connectivity index (χ2v) is 6.86. The molecule has 6 heteroatoms. The van der Waals surface area contributed by atoms with Gasteiger partial charge in [0.2, 0.25) is 11.8 Å². The Morgan fingerprint density at radius 1 is 1.19 bits per heavy atom. The summed E-state index contributed by atoms with van der Waals surface area (Å²) in [4.78, 5) is 26.5. The molecule has 2 amide bonds. The minimum absolute atomic E-state index is 0. The second kappa shape index (κ2) is 8.91. The molecule has 144 valence electrons. The number of amides is 2. The smallest absolute Gasteiger partial charge is 0.229 e. The zero-order valence-electron chi connectivity index (χ0n) is 15.7. The number of nitrogens with two attached hydrogens (primary N) is 1. The Labute approximate surface area is 166 Å². The van der Waals surface area contributed by atoms with Crippen LogP contribution in [-0.4, -0.2) is 18.4 Å². The van der Waals surface area contributed by atoms with Crippen LogP contribution in [0.4, 0.5) is 11.4 Å². The molecule has 1 atom stereocenters. The number of carbonyl (C=O) groups is 2. The monoisotopic (exact) mass is 387 g/mol. The summed E-state index contributed by atoms with van der Waals surface area (Å²) in [6, 6.07) is 13.3. The van der Waals surface area contributed by atoms with Crippen LogP contribution in [0.25, 0.3) is 0 Å². The molecule has 1 heterocycles. The van der Waals surface area contributed by atoms with Crippen LogP contribution >= 0.6 is 12.4 Å². The maximum absolute atomic E-state index is 13.0. The van der Waals surface area contributed by atoms with Crippen molar-refractivity contribution in [1.82, 2.24) is 5.32 Å². The average Bonchev–Trinajstić information content (AvgIpc) is 2.61. The number of hydrogen-bond donors (Lipinski definition) is 2. The summed E-state index contributed by atoms with van der Waals surface area (Å²) in [5.41, 5.74) is 10.8. The summed E-state index contributed by atoms with van der Waals surface area (Å²) < 4.78 is 0. The summed E-state index contributed by atoms with van der Waals surface area (Å²) in [6.07, 6.45) is 2.00. The molecular formula is C21H26ClN3O2. The minimum atomic E-state index is -0.341. The fourth-order valence-electron chi connectivity index (χ4n) is 3.49. The van der Waals surface area contributed by atoms with Gasteiger partial charge < -0.3 is 16.0 Å². The van der Waals surface area contributed by atoms with Crippen LogP contribution in [0.5, 0.6) is 0 Å². The maximum atomic E-state index is 13.0. The van der Waals surface area contributed by atoms with Crippen molar-refractivity contribution in [2.24, 2.45) is 0 Å². The van der Waals surface area contributed by atoms with Crippen LogP contribution in [0.2, 0.25) is 0 Å². The largest absolute Gasteiger partial charge is 0.398 e. The molecule has 0 saturated heterocycles. The molecule has 1 aliphatic heterocycles. The standard InChI is InChI=1S/C21H25N3O2.ClH/c1-14-8-10-16(11-9-14)19(23-15(2)25)13-21(26)24-12-4-5-17-18(22)6-3-7-20(17)24;/h3,6-11,19H,4-5,12-13,22H2,1-2H3,(H,23,25);1H. The number of halogens is 1. The first-order valence-corrected chi connectivity index (χ1v) is 8.97. The highest BCUT2D eigenvalue weighted by molar-refractivity contribution is 5.96. The maximum Gasteiger partial charge on any atom is 0.229 e. The molecule has 5 nitrogen and oxygen atoms in total. The third kappa shape index (κ3) is 4.80. The van der Waals surface area contributed by atoms with Gasteiger partial charge in [-0.3, -0.25) is 9.59 Å². The van der Waals surface area contributed by atoms with Gasteiger partial charge >= 0.3 is 0 Å². The van der Waals surface area contributed by atoms with Gasteiger partial charge in [0.15, 0.2) is 0 Å². The van der Waals surface area contributed by atoms with Crippen LogP contribution in [-0.2, 0) is 16.0 Å². The Morgan fingerprint density at radius 2 is 1.89 bits per heavy atom. The van der Waals surface area contributed by atoms with Crippen molar-refractivity contribution in [1.29, 1.82) is 0 Å². The van der Waals surface area contributed by atoms with Crippen LogP contribution in [0.15, 0.2) is 42.5 Å². The van der Waals surface area contributed by atoms with Gasteiger partial charge in [-0.2, -0.15) is 0 Å². The first-order valence-electron chi connectivity index (χ1n) is 8.97. The lowest BCUT2D eigenvalue weighted by Gasteiger charge is -2.31. The van der Waals surface area contributed by atoms with Gasteiger partial charge in [-0.1, -0.05) is 35.9 Å². The number of nitrogens with zero attached hydrogens (tertiary/aromatic N) is 1. The van der Waals surface area contributed by atoms with Crippen molar-refractivity contribution in [2.75, 3.05) is 17.2 Å². The summed E-state index contributed by atoms with van der Waals surface area (Å²) in [5.74, 6) is -0.150. The molecule has 0 saturated carbocycles. The van der Waals surface area contributed by atoms with Gasteiger partial charge in [0.25, 0.3) is 0 Å². The Morgan fingerprint density at radius 3 is 2.56 bits per heavy atom. The van der Waals surface area contributed by atoms with Gasteiger partial charge in [-0.05, 0) is 43.0 Å². The molecule has 2 aromatic carbocycles. The van der Waals surface area contributed by atoms with Crippen molar-refractivity contribution in [3.8, 4) is 0 Å². The number of nitrogen functional groups attached to an aromatic ring is 1. The van der Waals surface area contributed by atoms with E-state index in [0.29, 0.717) is 6.54 Å². The fraction of sp³-hybridized carbons (Fsp3) is 0.333.